The van der Waals surface area contributed by atoms with E-state index < -0.39 is 15.1 Å². The lowest BCUT2D eigenvalue weighted by Crippen LogP contribution is -2.21. The first-order valence-corrected chi connectivity index (χ1v) is 8.12. The number of nitrogens with two attached hydrogens (primary N) is 1. The second kappa shape index (κ2) is 6.08. The van der Waals surface area contributed by atoms with Crippen LogP contribution in [0.2, 0.25) is 0 Å². The van der Waals surface area contributed by atoms with Crippen molar-refractivity contribution in [2.24, 2.45) is 5.14 Å². The van der Waals surface area contributed by atoms with Gasteiger partial charge in [-0.2, -0.15) is 8.42 Å². The molecule has 0 aliphatic rings. The molecule has 0 unspecified atom stereocenters. The minimum absolute atomic E-state index is 0.0800. The summed E-state index contributed by atoms with van der Waals surface area (Å²) in [5.74, 6) is 0. The molecule has 10 heteroatoms. The van der Waals surface area contributed by atoms with Gasteiger partial charge in [0.2, 0.25) is 0 Å². The Morgan fingerprint density at radius 2 is 2.00 bits per heavy atom. The van der Waals surface area contributed by atoms with Gasteiger partial charge >= 0.3 is 5.00 Å². The van der Waals surface area contributed by atoms with Crippen LogP contribution in [0.15, 0.2) is 35.7 Å². The van der Waals surface area contributed by atoms with E-state index in [-0.39, 0.29) is 5.00 Å². The maximum atomic E-state index is 10.9. The normalized spacial score (nSPS) is 11.1. The largest absolute Gasteiger partial charge is 0.381 e. The van der Waals surface area contributed by atoms with E-state index in [9.17, 15) is 18.5 Å². The lowest BCUT2D eigenvalue weighted by molar-refractivity contribution is -0.380. The zero-order chi connectivity index (χ0) is 15.5. The molecule has 0 saturated carbocycles. The maximum Gasteiger partial charge on any atom is 0.324 e. The number of nitro groups is 1. The van der Waals surface area contributed by atoms with E-state index in [2.05, 4.69) is 10.0 Å². The van der Waals surface area contributed by atoms with Crippen LogP contribution >= 0.6 is 11.3 Å². The molecule has 2 rings (SSSR count). The lowest BCUT2D eigenvalue weighted by Gasteiger charge is -2.08. The average molecular weight is 328 g/mol. The van der Waals surface area contributed by atoms with Gasteiger partial charge in [0.1, 0.15) is 0 Å². The quantitative estimate of drug-likeness (QED) is 0.551. The van der Waals surface area contributed by atoms with Crippen LogP contribution in [0.5, 0.6) is 0 Å². The Kier molecular flexibility index (Phi) is 4.40. The zero-order valence-electron chi connectivity index (χ0n) is 10.6. The van der Waals surface area contributed by atoms with Crippen LogP contribution in [-0.2, 0) is 16.8 Å². The summed E-state index contributed by atoms with van der Waals surface area (Å²) < 4.78 is 24.0. The molecule has 0 bridgehead atoms. The zero-order valence-corrected chi connectivity index (χ0v) is 12.3. The fourth-order valence-electron chi connectivity index (χ4n) is 1.61. The molecule has 0 spiro atoms. The Balaban J connectivity index is 2.02. The van der Waals surface area contributed by atoms with Crippen LogP contribution in [0.25, 0.3) is 0 Å². The summed E-state index contributed by atoms with van der Waals surface area (Å²) in [6.45, 7) is 0.392. The van der Waals surface area contributed by atoms with E-state index >= 15 is 0 Å². The van der Waals surface area contributed by atoms with Crippen molar-refractivity contribution in [1.29, 1.82) is 0 Å². The third kappa shape index (κ3) is 4.70. The van der Waals surface area contributed by atoms with Crippen LogP contribution in [0.1, 0.15) is 5.56 Å². The minimum Gasteiger partial charge on any atom is -0.381 e. The number of hydrogen-bond donors (Lipinski definition) is 3. The highest BCUT2D eigenvalue weighted by Gasteiger charge is 2.09. The Labute approximate surface area is 124 Å². The highest BCUT2D eigenvalue weighted by molar-refractivity contribution is 7.90. The van der Waals surface area contributed by atoms with Crippen LogP contribution in [-0.4, -0.2) is 13.3 Å². The summed E-state index contributed by atoms with van der Waals surface area (Å²) in [5.41, 5.74) is 1.77. The Bertz CT molecular complexity index is 757. The molecule has 0 fully saturated rings. The van der Waals surface area contributed by atoms with E-state index in [4.69, 9.17) is 5.14 Å². The van der Waals surface area contributed by atoms with Crippen molar-refractivity contribution >= 4 is 37.9 Å². The third-order valence-corrected chi connectivity index (χ3v) is 3.89. The van der Waals surface area contributed by atoms with Crippen LogP contribution < -0.4 is 15.2 Å². The minimum atomic E-state index is -3.82. The van der Waals surface area contributed by atoms with Crippen molar-refractivity contribution in [2.75, 3.05) is 10.0 Å². The van der Waals surface area contributed by atoms with Crippen molar-refractivity contribution in [3.05, 3.63) is 51.4 Å². The first kappa shape index (κ1) is 15.2. The predicted molar refractivity (Wildman–Crippen MR) is 81.5 cm³/mol. The Morgan fingerprint density at radius 1 is 1.29 bits per heavy atom. The standard InChI is InChI=1S/C11H12N4O4S2/c12-21(18,19)14-10-3-1-2-9(5-10)13-6-8-4-11(15(16)17)20-7-8/h1-5,7,13-14H,6H2,(H2,12,18,19). The molecule has 0 aliphatic carbocycles. The number of anilines is 2. The molecule has 112 valence electrons. The fraction of sp³-hybridized carbons (Fsp3) is 0.0909. The van der Waals surface area contributed by atoms with Gasteiger partial charge in [-0.25, -0.2) is 5.14 Å². The van der Waals surface area contributed by atoms with E-state index in [0.717, 1.165) is 16.9 Å². The summed E-state index contributed by atoms with van der Waals surface area (Å²) in [5, 5.41) is 20.3. The molecule has 0 radical (unpaired) electrons. The van der Waals surface area contributed by atoms with Gasteiger partial charge in [-0.1, -0.05) is 17.4 Å². The molecular formula is C11H12N4O4S2. The van der Waals surface area contributed by atoms with Crippen molar-refractivity contribution < 1.29 is 13.3 Å². The topological polar surface area (TPSA) is 127 Å². The van der Waals surface area contributed by atoms with Gasteiger partial charge in [0.15, 0.2) is 0 Å². The summed E-state index contributed by atoms with van der Waals surface area (Å²) in [6.07, 6.45) is 0. The number of benzene rings is 1. The summed E-state index contributed by atoms with van der Waals surface area (Å²) in [6, 6.07) is 8.03. The van der Waals surface area contributed by atoms with E-state index in [0.29, 0.717) is 17.9 Å². The van der Waals surface area contributed by atoms with E-state index in [1.165, 1.54) is 6.07 Å². The molecule has 1 aromatic heterocycles. The molecule has 1 aromatic carbocycles. The highest BCUT2D eigenvalue weighted by Crippen LogP contribution is 2.23. The highest BCUT2D eigenvalue weighted by atomic mass is 32.2. The molecule has 0 atom stereocenters. The summed E-state index contributed by atoms with van der Waals surface area (Å²) in [7, 11) is -3.82. The van der Waals surface area contributed by atoms with Crippen LogP contribution in [0.4, 0.5) is 16.4 Å². The molecule has 0 amide bonds. The van der Waals surface area contributed by atoms with Gasteiger partial charge in [0, 0.05) is 23.7 Å². The van der Waals surface area contributed by atoms with Gasteiger partial charge in [-0.3, -0.25) is 14.8 Å². The molecule has 4 N–H and O–H groups in total. The van der Waals surface area contributed by atoms with E-state index in [1.807, 2.05) is 0 Å². The molecule has 8 nitrogen and oxygen atoms in total. The third-order valence-electron chi connectivity index (χ3n) is 2.44. The predicted octanol–water partition coefficient (Wildman–Crippen LogP) is 1.88. The van der Waals surface area contributed by atoms with Gasteiger partial charge < -0.3 is 5.32 Å². The SMILES string of the molecule is NS(=O)(=O)Nc1cccc(NCc2csc([N+](=O)[O-])c2)c1. The lowest BCUT2D eigenvalue weighted by atomic mass is 10.2. The average Bonchev–Trinajstić information content (AvgIpc) is 2.83. The molecule has 21 heavy (non-hydrogen) atoms. The number of hydrogen-bond acceptors (Lipinski definition) is 6. The molecule has 0 aliphatic heterocycles. The van der Waals surface area contributed by atoms with Gasteiger partial charge in [0.05, 0.1) is 10.6 Å². The second-order valence-electron chi connectivity index (χ2n) is 4.13. The van der Waals surface area contributed by atoms with Crippen molar-refractivity contribution in [3.63, 3.8) is 0 Å². The van der Waals surface area contributed by atoms with Gasteiger partial charge in [0.25, 0.3) is 10.2 Å². The molecule has 2 aromatic rings. The monoisotopic (exact) mass is 328 g/mol. The van der Waals surface area contributed by atoms with Crippen molar-refractivity contribution in [3.8, 4) is 0 Å². The van der Waals surface area contributed by atoms with Crippen molar-refractivity contribution in [1.82, 2.24) is 0 Å². The van der Waals surface area contributed by atoms with Gasteiger partial charge in [-0.15, -0.1) is 0 Å². The summed E-state index contributed by atoms with van der Waals surface area (Å²) >= 11 is 1.06. The van der Waals surface area contributed by atoms with Crippen LogP contribution in [0.3, 0.4) is 0 Å². The Morgan fingerprint density at radius 3 is 2.62 bits per heavy atom. The smallest absolute Gasteiger partial charge is 0.324 e. The van der Waals surface area contributed by atoms with Gasteiger partial charge in [-0.05, 0) is 23.8 Å². The fourth-order valence-corrected chi connectivity index (χ4v) is 2.80. The number of thiophene rings is 1. The number of nitrogens with zero attached hydrogens (tertiary/aromatic N) is 1. The molecule has 0 saturated heterocycles. The number of rotatable bonds is 6. The van der Waals surface area contributed by atoms with E-state index in [1.54, 1.807) is 29.6 Å². The maximum absolute atomic E-state index is 10.9. The summed E-state index contributed by atoms with van der Waals surface area (Å²) in [4.78, 5) is 10.1. The molecule has 1 heterocycles. The van der Waals surface area contributed by atoms with Crippen LogP contribution in [0, 0.1) is 10.1 Å². The first-order chi connectivity index (χ1) is 9.83. The second-order valence-corrected chi connectivity index (χ2v) is 6.32. The first-order valence-electron chi connectivity index (χ1n) is 5.70. The Hall–Kier alpha value is -2.17. The molecular weight excluding hydrogens is 316 g/mol. The van der Waals surface area contributed by atoms with Crippen molar-refractivity contribution in [2.45, 2.75) is 6.54 Å². The number of nitrogens with one attached hydrogen (secondary N) is 2.